The highest BCUT2D eigenvalue weighted by Crippen LogP contribution is 2.14. The maximum Gasteiger partial charge on any atom is 0.251 e. The van der Waals surface area contributed by atoms with Crippen molar-refractivity contribution in [2.24, 2.45) is 0 Å². The lowest BCUT2D eigenvalue weighted by molar-refractivity contribution is 0.581. The molecule has 3 rings (SSSR count). The van der Waals surface area contributed by atoms with E-state index in [1.807, 2.05) is 24.3 Å². The second kappa shape index (κ2) is 6.76. The quantitative estimate of drug-likeness (QED) is 0.732. The Balaban J connectivity index is 1.73. The molecule has 0 unspecified atom stereocenters. The molecule has 2 aromatic carbocycles. The number of benzene rings is 2. The Labute approximate surface area is 144 Å². The lowest BCUT2D eigenvalue weighted by Gasteiger charge is -2.07. The fourth-order valence-corrected chi connectivity index (χ4v) is 3.55. The Morgan fingerprint density at radius 3 is 2.50 bits per heavy atom. The molecule has 1 heterocycles. The molecule has 0 aliphatic carbocycles. The maximum atomic E-state index is 12.2. The van der Waals surface area contributed by atoms with Gasteiger partial charge in [0.25, 0.3) is 5.56 Å². The van der Waals surface area contributed by atoms with E-state index in [-0.39, 0.29) is 17.0 Å². The number of fused-ring (bicyclic) bond motifs is 1. The molecule has 0 spiro atoms. The van der Waals surface area contributed by atoms with Gasteiger partial charge in [0.2, 0.25) is 10.0 Å². The van der Waals surface area contributed by atoms with Gasteiger partial charge in [0, 0.05) is 22.6 Å². The van der Waals surface area contributed by atoms with Crippen LogP contribution in [0.3, 0.4) is 0 Å². The Hall–Kier alpha value is -2.15. The number of sulfonamides is 1. The summed E-state index contributed by atoms with van der Waals surface area (Å²) in [5.41, 5.74) is 1.08. The number of pyridine rings is 1. The van der Waals surface area contributed by atoms with Crippen molar-refractivity contribution >= 4 is 32.5 Å². The molecule has 3 aromatic rings. The van der Waals surface area contributed by atoms with Crippen LogP contribution in [-0.2, 0) is 16.4 Å². The molecule has 124 valence electrons. The van der Waals surface area contributed by atoms with Crippen molar-refractivity contribution in [3.05, 3.63) is 75.5 Å². The number of hydrogen-bond donors (Lipinski definition) is 2. The summed E-state index contributed by atoms with van der Waals surface area (Å²) in [6.07, 6.45) is 0.299. The zero-order valence-corrected chi connectivity index (χ0v) is 14.2. The number of hydrogen-bond acceptors (Lipinski definition) is 3. The molecule has 0 aliphatic heterocycles. The molecule has 5 nitrogen and oxygen atoms in total. The van der Waals surface area contributed by atoms with Crippen LogP contribution in [0, 0.1) is 0 Å². The standard InChI is InChI=1S/C17H15ClN2O3S/c18-14-5-7-15(8-6-14)24(22,23)19-10-9-13-11-12-3-1-2-4-16(12)20-17(13)21/h1-8,11,19H,9-10H2,(H,20,21). The molecule has 0 aliphatic rings. The minimum atomic E-state index is -3.62. The minimum Gasteiger partial charge on any atom is -0.322 e. The van der Waals surface area contributed by atoms with E-state index < -0.39 is 10.0 Å². The number of rotatable bonds is 5. The van der Waals surface area contributed by atoms with Gasteiger partial charge in [0.15, 0.2) is 0 Å². The lowest BCUT2D eigenvalue weighted by Crippen LogP contribution is -2.27. The van der Waals surface area contributed by atoms with E-state index in [1.54, 1.807) is 6.07 Å². The number of H-pyrrole nitrogens is 1. The van der Waals surface area contributed by atoms with Crippen molar-refractivity contribution in [3.8, 4) is 0 Å². The predicted octanol–water partition coefficient (Wildman–Crippen LogP) is 2.70. The predicted molar refractivity (Wildman–Crippen MR) is 94.9 cm³/mol. The van der Waals surface area contributed by atoms with E-state index in [2.05, 4.69) is 9.71 Å². The van der Waals surface area contributed by atoms with Crippen LogP contribution in [0.4, 0.5) is 0 Å². The van der Waals surface area contributed by atoms with Crippen molar-refractivity contribution in [3.63, 3.8) is 0 Å². The van der Waals surface area contributed by atoms with E-state index in [1.165, 1.54) is 24.3 Å². The molecule has 0 bridgehead atoms. The number of halogens is 1. The smallest absolute Gasteiger partial charge is 0.251 e. The van der Waals surface area contributed by atoms with Crippen LogP contribution in [-0.4, -0.2) is 19.9 Å². The molecule has 1 aromatic heterocycles. The third kappa shape index (κ3) is 3.67. The molecular weight excluding hydrogens is 348 g/mol. The van der Waals surface area contributed by atoms with Crippen LogP contribution < -0.4 is 10.3 Å². The number of aromatic amines is 1. The van der Waals surface area contributed by atoms with E-state index in [0.717, 1.165) is 10.9 Å². The molecule has 24 heavy (non-hydrogen) atoms. The maximum absolute atomic E-state index is 12.2. The highest BCUT2D eigenvalue weighted by molar-refractivity contribution is 7.89. The first kappa shape index (κ1) is 16.7. The fourth-order valence-electron chi connectivity index (χ4n) is 2.40. The molecule has 7 heteroatoms. The summed E-state index contributed by atoms with van der Waals surface area (Å²) < 4.78 is 26.9. The van der Waals surface area contributed by atoms with Crippen LogP contribution in [0.25, 0.3) is 10.9 Å². The highest BCUT2D eigenvalue weighted by atomic mass is 35.5. The first-order valence-corrected chi connectivity index (χ1v) is 9.18. The van der Waals surface area contributed by atoms with Gasteiger partial charge in [-0.3, -0.25) is 4.79 Å². The van der Waals surface area contributed by atoms with Crippen LogP contribution in [0.1, 0.15) is 5.56 Å². The van der Waals surface area contributed by atoms with Crippen molar-refractivity contribution in [1.82, 2.24) is 9.71 Å². The number of nitrogens with one attached hydrogen (secondary N) is 2. The topological polar surface area (TPSA) is 79.0 Å². The van der Waals surface area contributed by atoms with E-state index >= 15 is 0 Å². The summed E-state index contributed by atoms with van der Waals surface area (Å²) >= 11 is 5.76. The van der Waals surface area contributed by atoms with Gasteiger partial charge >= 0.3 is 0 Å². The minimum absolute atomic E-state index is 0.131. The summed E-state index contributed by atoms with van der Waals surface area (Å²) in [5.74, 6) is 0. The number of para-hydroxylation sites is 1. The summed E-state index contributed by atoms with van der Waals surface area (Å²) in [6, 6.07) is 15.1. The monoisotopic (exact) mass is 362 g/mol. The molecular formula is C17H15ClN2O3S. The summed E-state index contributed by atoms with van der Waals surface area (Å²) in [7, 11) is -3.62. The van der Waals surface area contributed by atoms with Gasteiger partial charge in [-0.2, -0.15) is 0 Å². The van der Waals surface area contributed by atoms with Gasteiger partial charge in [0.05, 0.1) is 4.90 Å². The molecule has 0 saturated carbocycles. The van der Waals surface area contributed by atoms with Crippen molar-refractivity contribution in [1.29, 1.82) is 0 Å². The van der Waals surface area contributed by atoms with E-state index in [9.17, 15) is 13.2 Å². The second-order valence-electron chi connectivity index (χ2n) is 5.31. The van der Waals surface area contributed by atoms with Crippen molar-refractivity contribution < 1.29 is 8.42 Å². The SMILES string of the molecule is O=c1[nH]c2ccccc2cc1CCNS(=O)(=O)c1ccc(Cl)cc1. The summed E-state index contributed by atoms with van der Waals surface area (Å²) in [6.45, 7) is 0.131. The Morgan fingerprint density at radius 1 is 1.04 bits per heavy atom. The van der Waals surface area contributed by atoms with Gasteiger partial charge in [-0.15, -0.1) is 0 Å². The summed E-state index contributed by atoms with van der Waals surface area (Å²) in [4.78, 5) is 15.0. The molecule has 0 amide bonds. The average molecular weight is 363 g/mol. The van der Waals surface area contributed by atoms with Gasteiger partial charge in [-0.1, -0.05) is 29.8 Å². The van der Waals surface area contributed by atoms with Gasteiger partial charge in [-0.05, 0) is 48.2 Å². The molecule has 0 fully saturated rings. The zero-order chi connectivity index (χ0) is 17.2. The Bertz CT molecular complexity index is 1030. The lowest BCUT2D eigenvalue weighted by atomic mass is 10.1. The van der Waals surface area contributed by atoms with Gasteiger partial charge in [0.1, 0.15) is 0 Å². The first-order chi connectivity index (χ1) is 11.5. The summed E-state index contributed by atoms with van der Waals surface area (Å²) in [5, 5.41) is 1.38. The zero-order valence-electron chi connectivity index (χ0n) is 12.6. The fraction of sp³-hybridized carbons (Fsp3) is 0.118. The van der Waals surface area contributed by atoms with Crippen molar-refractivity contribution in [2.75, 3.05) is 6.54 Å². The van der Waals surface area contributed by atoms with E-state index in [4.69, 9.17) is 11.6 Å². The molecule has 0 radical (unpaired) electrons. The van der Waals surface area contributed by atoms with Crippen LogP contribution in [0.5, 0.6) is 0 Å². The van der Waals surface area contributed by atoms with Crippen LogP contribution >= 0.6 is 11.6 Å². The molecule has 0 saturated heterocycles. The third-order valence-electron chi connectivity index (χ3n) is 3.64. The average Bonchev–Trinajstić information content (AvgIpc) is 2.55. The largest absolute Gasteiger partial charge is 0.322 e. The first-order valence-electron chi connectivity index (χ1n) is 7.32. The van der Waals surface area contributed by atoms with Gasteiger partial charge < -0.3 is 4.98 Å². The van der Waals surface area contributed by atoms with Crippen LogP contribution in [0.2, 0.25) is 5.02 Å². The molecule has 2 N–H and O–H groups in total. The second-order valence-corrected chi connectivity index (χ2v) is 7.52. The Kier molecular flexibility index (Phi) is 4.71. The molecule has 0 atom stereocenters. The van der Waals surface area contributed by atoms with Crippen molar-refractivity contribution in [2.45, 2.75) is 11.3 Å². The third-order valence-corrected chi connectivity index (χ3v) is 5.37. The normalized spacial score (nSPS) is 11.7. The highest BCUT2D eigenvalue weighted by Gasteiger charge is 2.13. The van der Waals surface area contributed by atoms with Gasteiger partial charge in [-0.25, -0.2) is 13.1 Å². The van der Waals surface area contributed by atoms with E-state index in [0.29, 0.717) is 17.0 Å². The Morgan fingerprint density at radius 2 is 1.75 bits per heavy atom. The number of aromatic nitrogens is 1. The van der Waals surface area contributed by atoms with Crippen LogP contribution in [0.15, 0.2) is 64.3 Å².